The molecule has 1 heterocycles. The monoisotopic (exact) mass is 634 g/mol. The highest BCUT2D eigenvalue weighted by molar-refractivity contribution is 6.99. The van der Waals surface area contributed by atoms with E-state index >= 15 is 4.39 Å². The molecule has 242 valence electrons. The van der Waals surface area contributed by atoms with Gasteiger partial charge in [0.15, 0.2) is 11.9 Å². The number of aliphatic hydroxyl groups excluding tert-OH is 1. The predicted octanol–water partition coefficient (Wildman–Crippen LogP) is 6.57. The van der Waals surface area contributed by atoms with Crippen molar-refractivity contribution in [2.45, 2.75) is 90.1 Å². The van der Waals surface area contributed by atoms with Crippen LogP contribution in [0.1, 0.15) is 65.2 Å². The molecule has 6 nitrogen and oxygen atoms in total. The number of ether oxygens (including phenoxy) is 3. The lowest BCUT2D eigenvalue weighted by molar-refractivity contribution is -0.155. The molecule has 0 amide bonds. The van der Waals surface area contributed by atoms with Crippen LogP contribution in [0.15, 0.2) is 103 Å². The fourth-order valence-electron chi connectivity index (χ4n) is 6.07. The van der Waals surface area contributed by atoms with Gasteiger partial charge in [0, 0.05) is 18.6 Å². The lowest BCUT2D eigenvalue weighted by Crippen LogP contribution is -2.67. The first-order valence-corrected chi connectivity index (χ1v) is 17.6. The number of esters is 1. The Bertz CT molecular complexity index is 1370. The Morgan fingerprint density at radius 3 is 1.93 bits per heavy atom. The van der Waals surface area contributed by atoms with Gasteiger partial charge in [-0.2, -0.15) is 0 Å². The molecule has 1 saturated heterocycles. The molecule has 3 aromatic rings. The standard InChI is InChI=1S/C37H47FO6Si/c1-26(27(2)44-45(36(3,4)5,29-19-13-9-14-20-29)30-21-15-10-16-22-30)25-31(38)33(41-35(40)28-17-11-8-12-18-28)34-32(23-24-39)42-37(6,7)43-34/h8-22,25-27,32-34,39H,23-24H2,1-7H3/t26-,27-,32+,33?,34?/m1/s1. The number of hydrogen-bond donors (Lipinski definition) is 1. The van der Waals surface area contributed by atoms with E-state index < -0.39 is 56.2 Å². The second-order valence-electron chi connectivity index (χ2n) is 13.2. The molecule has 3 aromatic carbocycles. The van der Waals surface area contributed by atoms with E-state index in [9.17, 15) is 9.90 Å². The summed E-state index contributed by atoms with van der Waals surface area (Å²) < 4.78 is 41.7. The van der Waals surface area contributed by atoms with Gasteiger partial charge in [-0.15, -0.1) is 0 Å². The van der Waals surface area contributed by atoms with Gasteiger partial charge in [-0.25, -0.2) is 9.18 Å². The largest absolute Gasteiger partial charge is 0.449 e. The summed E-state index contributed by atoms with van der Waals surface area (Å²) in [5.41, 5.74) is 0.295. The minimum absolute atomic E-state index is 0.189. The molecule has 0 aliphatic carbocycles. The summed E-state index contributed by atoms with van der Waals surface area (Å²) in [6, 6.07) is 29.1. The molecule has 45 heavy (non-hydrogen) atoms. The zero-order valence-electron chi connectivity index (χ0n) is 27.4. The van der Waals surface area contributed by atoms with Gasteiger partial charge in [0.25, 0.3) is 8.32 Å². The van der Waals surface area contributed by atoms with E-state index in [0.717, 1.165) is 10.4 Å². The van der Waals surface area contributed by atoms with E-state index in [1.165, 1.54) is 6.08 Å². The summed E-state index contributed by atoms with van der Waals surface area (Å²) in [7, 11) is -2.90. The van der Waals surface area contributed by atoms with Crippen LogP contribution in [0.5, 0.6) is 0 Å². The lowest BCUT2D eigenvalue weighted by Gasteiger charge is -2.45. The normalized spacial score (nSPS) is 20.8. The molecule has 2 unspecified atom stereocenters. The average Bonchev–Trinajstić information content (AvgIpc) is 3.32. The van der Waals surface area contributed by atoms with Crippen molar-refractivity contribution < 1.29 is 32.9 Å². The van der Waals surface area contributed by atoms with E-state index in [1.54, 1.807) is 44.2 Å². The second-order valence-corrected chi connectivity index (χ2v) is 17.5. The minimum Gasteiger partial charge on any atom is -0.449 e. The first-order valence-electron chi connectivity index (χ1n) is 15.7. The Hall–Kier alpha value is -3.14. The summed E-state index contributed by atoms with van der Waals surface area (Å²) in [5.74, 6) is -2.78. The fourth-order valence-corrected chi connectivity index (χ4v) is 10.9. The lowest BCUT2D eigenvalue weighted by atomic mass is 10.00. The van der Waals surface area contributed by atoms with Gasteiger partial charge in [-0.3, -0.25) is 0 Å². The van der Waals surface area contributed by atoms with Crippen LogP contribution in [-0.4, -0.2) is 56.2 Å². The highest BCUT2D eigenvalue weighted by Crippen LogP contribution is 2.39. The zero-order valence-corrected chi connectivity index (χ0v) is 28.4. The van der Waals surface area contributed by atoms with E-state index in [4.69, 9.17) is 18.6 Å². The molecule has 8 heteroatoms. The van der Waals surface area contributed by atoms with Crippen LogP contribution < -0.4 is 10.4 Å². The van der Waals surface area contributed by atoms with Crippen molar-refractivity contribution in [1.82, 2.24) is 0 Å². The molecule has 0 saturated carbocycles. The third-order valence-electron chi connectivity index (χ3n) is 8.39. The first-order chi connectivity index (χ1) is 21.3. The van der Waals surface area contributed by atoms with Crippen molar-refractivity contribution in [2.75, 3.05) is 6.61 Å². The van der Waals surface area contributed by atoms with Gasteiger partial charge >= 0.3 is 5.97 Å². The number of aliphatic hydroxyl groups is 1. The number of carbonyl (C=O) groups excluding carboxylic acids is 1. The zero-order chi connectivity index (χ0) is 32.8. The molecule has 1 fully saturated rings. The highest BCUT2D eigenvalue weighted by atomic mass is 28.4. The average molecular weight is 635 g/mol. The predicted molar refractivity (Wildman–Crippen MR) is 178 cm³/mol. The molecule has 1 aliphatic rings. The summed E-state index contributed by atoms with van der Waals surface area (Å²) in [6.07, 6.45) is -1.77. The molecule has 0 bridgehead atoms. The number of carbonyl (C=O) groups is 1. The van der Waals surface area contributed by atoms with Gasteiger partial charge in [0.05, 0.1) is 11.7 Å². The fraction of sp³-hybridized carbons (Fsp3) is 0.432. The molecule has 5 atom stereocenters. The Kier molecular flexibility index (Phi) is 11.2. The van der Waals surface area contributed by atoms with Crippen molar-refractivity contribution in [3.05, 3.63) is 108 Å². The first kappa shape index (κ1) is 34.7. The molecular formula is C37H47FO6Si. The van der Waals surface area contributed by atoms with E-state index in [-0.39, 0.29) is 18.1 Å². The number of halogens is 1. The van der Waals surface area contributed by atoms with Crippen LogP contribution in [0.3, 0.4) is 0 Å². The van der Waals surface area contributed by atoms with Crippen LogP contribution in [-0.2, 0) is 18.6 Å². The number of benzene rings is 3. The number of hydrogen-bond acceptors (Lipinski definition) is 6. The van der Waals surface area contributed by atoms with Gasteiger partial charge in [0.1, 0.15) is 11.9 Å². The minimum atomic E-state index is -2.90. The SMILES string of the molecule is C[C@H](C=C(F)C(OC(=O)c1ccccc1)C1OC(C)(C)O[C@H]1CCO)[C@@H](C)O[Si](c1ccccc1)(c1ccccc1)C(C)(C)C. The van der Waals surface area contributed by atoms with Gasteiger partial charge in [-0.1, -0.05) is 107 Å². The molecule has 0 radical (unpaired) electrons. The second kappa shape index (κ2) is 14.5. The summed E-state index contributed by atoms with van der Waals surface area (Å²) >= 11 is 0. The molecule has 4 rings (SSSR count). The van der Waals surface area contributed by atoms with Crippen LogP contribution in [0.4, 0.5) is 4.39 Å². The quantitative estimate of drug-likeness (QED) is 0.180. The maximum absolute atomic E-state index is 16.5. The Morgan fingerprint density at radius 2 is 1.44 bits per heavy atom. The van der Waals surface area contributed by atoms with Crippen molar-refractivity contribution >= 4 is 24.7 Å². The van der Waals surface area contributed by atoms with E-state index in [1.807, 2.05) is 50.2 Å². The molecule has 1 N–H and O–H groups in total. The molecule has 0 spiro atoms. The van der Waals surface area contributed by atoms with Crippen molar-refractivity contribution in [2.24, 2.45) is 5.92 Å². The Labute approximate surface area is 268 Å². The third-order valence-corrected chi connectivity index (χ3v) is 13.5. The smallest absolute Gasteiger partial charge is 0.338 e. The molecule has 1 aliphatic heterocycles. The van der Waals surface area contributed by atoms with Crippen molar-refractivity contribution in [1.29, 1.82) is 0 Å². The topological polar surface area (TPSA) is 74.2 Å². The third kappa shape index (κ3) is 7.99. The maximum Gasteiger partial charge on any atom is 0.338 e. The van der Waals surface area contributed by atoms with Gasteiger partial charge in [-0.05, 0) is 60.8 Å². The van der Waals surface area contributed by atoms with E-state index in [0.29, 0.717) is 5.56 Å². The number of rotatable bonds is 12. The van der Waals surface area contributed by atoms with Crippen LogP contribution in [0, 0.1) is 5.92 Å². The van der Waals surface area contributed by atoms with Crippen molar-refractivity contribution in [3.8, 4) is 0 Å². The van der Waals surface area contributed by atoms with Gasteiger partial charge < -0.3 is 23.7 Å². The van der Waals surface area contributed by atoms with Crippen molar-refractivity contribution in [3.63, 3.8) is 0 Å². The molecular weight excluding hydrogens is 587 g/mol. The summed E-state index contributed by atoms with van der Waals surface area (Å²) in [5, 5.41) is 11.7. The Morgan fingerprint density at radius 1 is 0.933 bits per heavy atom. The van der Waals surface area contributed by atoms with Gasteiger partial charge in [0.2, 0.25) is 0 Å². The van der Waals surface area contributed by atoms with Crippen LogP contribution >= 0.6 is 0 Å². The van der Waals surface area contributed by atoms with Crippen LogP contribution in [0.2, 0.25) is 5.04 Å². The summed E-state index contributed by atoms with van der Waals surface area (Å²) in [6.45, 7) is 13.7. The maximum atomic E-state index is 16.5. The van der Waals surface area contributed by atoms with Crippen LogP contribution in [0.25, 0.3) is 0 Å². The highest BCUT2D eigenvalue weighted by Gasteiger charge is 2.52. The summed E-state index contributed by atoms with van der Waals surface area (Å²) in [4.78, 5) is 13.2. The Balaban J connectivity index is 1.70. The van der Waals surface area contributed by atoms with E-state index in [2.05, 4.69) is 45.0 Å². The molecule has 0 aromatic heterocycles.